The summed E-state index contributed by atoms with van der Waals surface area (Å²) in [6.45, 7) is 3.43. The topological polar surface area (TPSA) is 26.3 Å². The van der Waals surface area contributed by atoms with E-state index in [2.05, 4.69) is 0 Å². The lowest BCUT2D eigenvalue weighted by Gasteiger charge is -2.18. The molecule has 1 heterocycles. The van der Waals surface area contributed by atoms with Crippen LogP contribution in [-0.2, 0) is 9.53 Å². The van der Waals surface area contributed by atoms with Gasteiger partial charge in [0.15, 0.2) is 5.60 Å². The lowest BCUT2D eigenvalue weighted by atomic mass is 9.93. The molecule has 0 aliphatic carbocycles. The number of hydrogen-bond donors (Lipinski definition) is 0. The predicted molar refractivity (Wildman–Crippen MR) is 96.6 cm³/mol. The van der Waals surface area contributed by atoms with E-state index in [0.717, 1.165) is 0 Å². The smallest absolute Gasteiger partial charge is 0.210 e. The van der Waals surface area contributed by atoms with E-state index >= 15 is 0 Å². The SMILES string of the molecule is CSc1ccc(C2=C(c3ccc(Cl)cc3)C(=O)C(C)(C)O2)cc1F. The number of halogens is 2. The summed E-state index contributed by atoms with van der Waals surface area (Å²) in [5.74, 6) is -0.0586. The lowest BCUT2D eigenvalue weighted by Crippen LogP contribution is -2.29. The fourth-order valence-electron chi connectivity index (χ4n) is 2.65. The van der Waals surface area contributed by atoms with E-state index in [1.165, 1.54) is 17.8 Å². The van der Waals surface area contributed by atoms with Crippen molar-refractivity contribution in [2.45, 2.75) is 24.3 Å². The number of Topliss-reactive ketones (excluding diaryl/α,β-unsaturated/α-hetero) is 1. The van der Waals surface area contributed by atoms with Gasteiger partial charge in [-0.15, -0.1) is 11.8 Å². The summed E-state index contributed by atoms with van der Waals surface area (Å²) in [6.07, 6.45) is 1.81. The normalized spacial score (nSPS) is 16.5. The largest absolute Gasteiger partial charge is 0.478 e. The minimum absolute atomic E-state index is 0.130. The van der Waals surface area contributed by atoms with Crippen LogP contribution >= 0.6 is 23.4 Å². The van der Waals surface area contributed by atoms with Crippen LogP contribution in [0.15, 0.2) is 47.4 Å². The number of ether oxygens (including phenoxy) is 1. The summed E-state index contributed by atoms with van der Waals surface area (Å²) in [5, 5.41) is 0.585. The molecule has 2 nitrogen and oxygen atoms in total. The van der Waals surface area contributed by atoms with Gasteiger partial charge >= 0.3 is 0 Å². The van der Waals surface area contributed by atoms with Crippen molar-refractivity contribution in [2.75, 3.05) is 6.26 Å². The monoisotopic (exact) mass is 362 g/mol. The summed E-state index contributed by atoms with van der Waals surface area (Å²) in [5.41, 5.74) is 0.723. The van der Waals surface area contributed by atoms with Gasteiger partial charge in [0.05, 0.1) is 5.57 Å². The number of ketones is 1. The summed E-state index contributed by atoms with van der Waals surface area (Å²) in [6, 6.07) is 11.9. The molecule has 0 aromatic heterocycles. The van der Waals surface area contributed by atoms with Crippen molar-refractivity contribution in [1.82, 2.24) is 0 Å². The lowest BCUT2D eigenvalue weighted by molar-refractivity contribution is -0.125. The first kappa shape index (κ1) is 17.1. The summed E-state index contributed by atoms with van der Waals surface area (Å²) in [4.78, 5) is 13.3. The minimum atomic E-state index is -0.987. The van der Waals surface area contributed by atoms with Crippen molar-refractivity contribution >= 4 is 40.5 Å². The number of carbonyl (C=O) groups excluding carboxylic acids is 1. The average molecular weight is 363 g/mol. The Kier molecular flexibility index (Phi) is 4.45. The average Bonchev–Trinajstić information content (AvgIpc) is 2.79. The van der Waals surface area contributed by atoms with Crippen molar-refractivity contribution in [1.29, 1.82) is 0 Å². The molecule has 24 heavy (non-hydrogen) atoms. The van der Waals surface area contributed by atoms with Gasteiger partial charge in [-0.1, -0.05) is 23.7 Å². The van der Waals surface area contributed by atoms with Gasteiger partial charge in [0.25, 0.3) is 0 Å². The Hall–Kier alpha value is -1.78. The van der Waals surface area contributed by atoms with E-state index in [0.29, 0.717) is 32.4 Å². The fraction of sp³-hybridized carbons (Fsp3) is 0.211. The Bertz CT molecular complexity index is 841. The Labute approximate surface area is 149 Å². The second-order valence-corrected chi connectivity index (χ2v) is 7.29. The molecule has 1 aliphatic heterocycles. The molecule has 2 aromatic rings. The zero-order valence-electron chi connectivity index (χ0n) is 13.5. The summed E-state index contributed by atoms with van der Waals surface area (Å²) in [7, 11) is 0. The van der Waals surface area contributed by atoms with Gasteiger partial charge in [-0.05, 0) is 56.0 Å². The Morgan fingerprint density at radius 2 is 1.71 bits per heavy atom. The molecule has 0 unspecified atom stereocenters. The van der Waals surface area contributed by atoms with Crippen molar-refractivity contribution in [3.63, 3.8) is 0 Å². The molecule has 0 bridgehead atoms. The highest BCUT2D eigenvalue weighted by Crippen LogP contribution is 2.42. The predicted octanol–water partition coefficient (Wildman–Crippen LogP) is 5.45. The quantitative estimate of drug-likeness (QED) is 0.679. The van der Waals surface area contributed by atoms with Crippen molar-refractivity contribution in [3.8, 4) is 0 Å². The van der Waals surface area contributed by atoms with E-state index in [9.17, 15) is 9.18 Å². The van der Waals surface area contributed by atoms with E-state index in [1.807, 2.05) is 6.26 Å². The summed E-state index contributed by atoms with van der Waals surface area (Å²) >= 11 is 7.27. The molecule has 3 rings (SSSR count). The van der Waals surface area contributed by atoms with Crippen LogP contribution in [0.4, 0.5) is 4.39 Å². The molecule has 124 valence electrons. The van der Waals surface area contributed by atoms with E-state index < -0.39 is 5.60 Å². The molecule has 0 radical (unpaired) electrons. The van der Waals surface area contributed by atoms with Crippen LogP contribution in [0.1, 0.15) is 25.0 Å². The number of rotatable bonds is 3. The number of carbonyl (C=O) groups is 1. The first-order valence-electron chi connectivity index (χ1n) is 7.41. The van der Waals surface area contributed by atoms with Gasteiger partial charge < -0.3 is 4.74 Å². The second-order valence-electron chi connectivity index (χ2n) is 6.00. The molecule has 2 aromatic carbocycles. The van der Waals surface area contributed by atoms with Gasteiger partial charge in [-0.25, -0.2) is 4.39 Å². The van der Waals surface area contributed by atoms with E-state index in [-0.39, 0.29) is 11.6 Å². The third-order valence-electron chi connectivity index (χ3n) is 3.91. The second kappa shape index (κ2) is 6.26. The fourth-order valence-corrected chi connectivity index (χ4v) is 3.23. The number of thioether (sulfide) groups is 1. The van der Waals surface area contributed by atoms with Gasteiger partial charge in [-0.2, -0.15) is 0 Å². The van der Waals surface area contributed by atoms with Crippen LogP contribution in [0.25, 0.3) is 11.3 Å². The van der Waals surface area contributed by atoms with Gasteiger partial charge in [-0.3, -0.25) is 4.79 Å². The molecule has 0 fully saturated rings. The van der Waals surface area contributed by atoms with E-state index in [1.54, 1.807) is 50.2 Å². The first-order valence-corrected chi connectivity index (χ1v) is 9.01. The molecule has 0 saturated carbocycles. The molecular formula is C19H16ClFO2S. The first-order chi connectivity index (χ1) is 11.3. The zero-order valence-corrected chi connectivity index (χ0v) is 15.1. The minimum Gasteiger partial charge on any atom is -0.478 e. The number of benzene rings is 2. The summed E-state index contributed by atoms with van der Waals surface area (Å²) < 4.78 is 20.1. The van der Waals surface area contributed by atoms with Crippen LogP contribution < -0.4 is 0 Å². The molecule has 0 amide bonds. The van der Waals surface area contributed by atoms with Crippen molar-refractivity contribution in [3.05, 3.63) is 64.4 Å². The highest BCUT2D eigenvalue weighted by Gasteiger charge is 2.42. The number of hydrogen-bond acceptors (Lipinski definition) is 3. The Balaban J connectivity index is 2.18. The van der Waals surface area contributed by atoms with Crippen LogP contribution in [0.5, 0.6) is 0 Å². The Morgan fingerprint density at radius 3 is 2.29 bits per heavy atom. The molecule has 0 atom stereocenters. The van der Waals surface area contributed by atoms with Gasteiger partial charge in [0.2, 0.25) is 5.78 Å². The van der Waals surface area contributed by atoms with Crippen LogP contribution in [0.3, 0.4) is 0 Å². The molecule has 5 heteroatoms. The maximum Gasteiger partial charge on any atom is 0.210 e. The highest BCUT2D eigenvalue weighted by molar-refractivity contribution is 7.98. The zero-order chi connectivity index (χ0) is 17.5. The van der Waals surface area contributed by atoms with E-state index in [4.69, 9.17) is 16.3 Å². The third kappa shape index (κ3) is 2.96. The molecule has 0 N–H and O–H groups in total. The third-order valence-corrected chi connectivity index (χ3v) is 4.93. The van der Waals surface area contributed by atoms with Crippen molar-refractivity contribution < 1.29 is 13.9 Å². The van der Waals surface area contributed by atoms with Crippen molar-refractivity contribution in [2.24, 2.45) is 0 Å². The Morgan fingerprint density at radius 1 is 1.08 bits per heavy atom. The molecule has 1 aliphatic rings. The maximum atomic E-state index is 14.2. The van der Waals surface area contributed by atoms with Crippen LogP contribution in [0, 0.1) is 5.82 Å². The standard InChI is InChI=1S/C19H16ClFO2S/c1-19(2)18(22)16(11-4-7-13(20)8-5-11)17(23-19)12-6-9-15(24-3)14(21)10-12/h4-10H,1-3H3. The van der Waals surface area contributed by atoms with Crippen LogP contribution in [0.2, 0.25) is 5.02 Å². The molecule has 0 spiro atoms. The van der Waals surface area contributed by atoms with Gasteiger partial charge in [0.1, 0.15) is 11.6 Å². The van der Waals surface area contributed by atoms with Gasteiger partial charge in [0, 0.05) is 15.5 Å². The maximum absolute atomic E-state index is 14.2. The highest BCUT2D eigenvalue weighted by atomic mass is 35.5. The molecular weight excluding hydrogens is 347 g/mol. The van der Waals surface area contributed by atoms with Crippen LogP contribution in [-0.4, -0.2) is 17.6 Å². The molecule has 0 saturated heterocycles.